The number of methoxy groups -OCH3 is 1. The zero-order chi connectivity index (χ0) is 22.6. The molecule has 0 aliphatic rings. The van der Waals surface area contributed by atoms with E-state index in [2.05, 4.69) is 5.32 Å². The van der Waals surface area contributed by atoms with E-state index >= 15 is 0 Å². The minimum Gasteiger partial charge on any atom is -0.497 e. The first-order chi connectivity index (χ1) is 14.9. The molecule has 1 atom stereocenters. The molecule has 0 fully saturated rings. The number of halogens is 1. The summed E-state index contributed by atoms with van der Waals surface area (Å²) in [6, 6.07) is 14.0. The average Bonchev–Trinajstić information content (AvgIpc) is 2.79. The maximum absolute atomic E-state index is 13.0. The molecule has 168 valence electrons. The van der Waals surface area contributed by atoms with Gasteiger partial charge in [0.25, 0.3) is 0 Å². The molecule has 0 aromatic heterocycles. The topological polar surface area (TPSA) is 67.9 Å². The van der Waals surface area contributed by atoms with E-state index in [1.807, 2.05) is 31.2 Å². The lowest BCUT2D eigenvalue weighted by Gasteiger charge is -2.29. The summed E-state index contributed by atoms with van der Waals surface area (Å²) >= 11 is 5.87. The van der Waals surface area contributed by atoms with Crippen molar-refractivity contribution in [1.29, 1.82) is 0 Å². The monoisotopic (exact) mass is 446 g/mol. The predicted molar refractivity (Wildman–Crippen MR) is 122 cm³/mol. The lowest BCUT2D eigenvalue weighted by Crippen LogP contribution is -2.47. The fourth-order valence-corrected chi connectivity index (χ4v) is 3.12. The van der Waals surface area contributed by atoms with Crippen molar-refractivity contribution in [1.82, 2.24) is 10.2 Å². The molecule has 31 heavy (non-hydrogen) atoms. The van der Waals surface area contributed by atoms with E-state index in [-0.39, 0.29) is 18.2 Å². The van der Waals surface area contributed by atoms with E-state index in [4.69, 9.17) is 21.1 Å². The summed E-state index contributed by atoms with van der Waals surface area (Å²) in [7, 11) is 1.61. The highest BCUT2D eigenvalue weighted by Gasteiger charge is 2.25. The highest BCUT2D eigenvalue weighted by molar-refractivity contribution is 6.30. The van der Waals surface area contributed by atoms with Gasteiger partial charge in [-0.25, -0.2) is 0 Å². The number of ether oxygens (including phenoxy) is 2. The molecular weight excluding hydrogens is 416 g/mol. The zero-order valence-electron chi connectivity index (χ0n) is 18.4. The van der Waals surface area contributed by atoms with Crippen molar-refractivity contribution in [2.45, 2.75) is 45.7 Å². The van der Waals surface area contributed by atoms with Crippen molar-refractivity contribution in [3.63, 3.8) is 0 Å². The Morgan fingerprint density at radius 1 is 1.06 bits per heavy atom. The van der Waals surface area contributed by atoms with Gasteiger partial charge in [0.05, 0.1) is 13.7 Å². The van der Waals surface area contributed by atoms with Gasteiger partial charge in [-0.05, 0) is 61.7 Å². The minimum atomic E-state index is -0.571. The number of hydrogen-bond donors (Lipinski definition) is 1. The number of amides is 2. The lowest BCUT2D eigenvalue weighted by atomic mass is 10.1. The second kappa shape index (κ2) is 12.8. The second-order valence-electron chi connectivity index (χ2n) is 7.24. The standard InChI is InChI=1S/C24H31ClN2O4/c1-4-15-26-24(29)18(2)27(17-19-7-11-21(30-3)12-8-19)23(28)6-5-16-31-22-13-9-20(25)10-14-22/h7-14,18H,4-6,15-17H2,1-3H3,(H,26,29). The molecule has 7 heteroatoms. The molecule has 0 bridgehead atoms. The van der Waals surface area contributed by atoms with Gasteiger partial charge in [-0.1, -0.05) is 30.7 Å². The molecule has 2 aromatic rings. The van der Waals surface area contributed by atoms with Gasteiger partial charge in [-0.2, -0.15) is 0 Å². The Labute approximate surface area is 189 Å². The van der Waals surface area contributed by atoms with Crippen LogP contribution in [0.3, 0.4) is 0 Å². The highest BCUT2D eigenvalue weighted by Crippen LogP contribution is 2.17. The molecule has 0 saturated heterocycles. The molecule has 0 heterocycles. The molecule has 6 nitrogen and oxygen atoms in total. The average molecular weight is 447 g/mol. The van der Waals surface area contributed by atoms with Crippen molar-refractivity contribution >= 4 is 23.4 Å². The number of hydrogen-bond acceptors (Lipinski definition) is 4. The molecule has 1 unspecified atom stereocenters. The normalized spacial score (nSPS) is 11.5. The number of carbonyl (C=O) groups excluding carboxylic acids is 2. The van der Waals surface area contributed by atoms with E-state index in [0.717, 1.165) is 17.7 Å². The van der Waals surface area contributed by atoms with Crippen molar-refractivity contribution < 1.29 is 19.1 Å². The van der Waals surface area contributed by atoms with Crippen molar-refractivity contribution in [2.24, 2.45) is 0 Å². The summed E-state index contributed by atoms with van der Waals surface area (Å²) in [5.74, 6) is 1.21. The van der Waals surface area contributed by atoms with Crippen LogP contribution in [0.25, 0.3) is 0 Å². The third-order valence-corrected chi connectivity index (χ3v) is 5.10. The Kier molecular flexibility index (Phi) is 10.2. The number of nitrogens with zero attached hydrogens (tertiary/aromatic N) is 1. The maximum atomic E-state index is 13.0. The molecule has 2 rings (SSSR count). The van der Waals surface area contributed by atoms with Gasteiger partial charge in [0.2, 0.25) is 11.8 Å². The molecule has 0 aliphatic heterocycles. The Bertz CT molecular complexity index is 824. The molecule has 2 aromatic carbocycles. The molecule has 0 radical (unpaired) electrons. The maximum Gasteiger partial charge on any atom is 0.242 e. The van der Waals surface area contributed by atoms with E-state index < -0.39 is 6.04 Å². The van der Waals surface area contributed by atoms with Crippen molar-refractivity contribution in [3.8, 4) is 11.5 Å². The van der Waals surface area contributed by atoms with Crippen LogP contribution < -0.4 is 14.8 Å². The van der Waals surface area contributed by atoms with Crippen LogP contribution in [0.1, 0.15) is 38.7 Å². The van der Waals surface area contributed by atoms with Crippen LogP contribution in [0.15, 0.2) is 48.5 Å². The van der Waals surface area contributed by atoms with Crippen molar-refractivity contribution in [2.75, 3.05) is 20.3 Å². The van der Waals surface area contributed by atoms with Crippen LogP contribution in [0.5, 0.6) is 11.5 Å². The van der Waals surface area contributed by atoms with Crippen LogP contribution in [-0.2, 0) is 16.1 Å². The summed E-state index contributed by atoms with van der Waals surface area (Å²) in [6.07, 6.45) is 1.67. The van der Waals surface area contributed by atoms with E-state index in [1.54, 1.807) is 43.2 Å². The Morgan fingerprint density at radius 3 is 2.32 bits per heavy atom. The van der Waals surface area contributed by atoms with Crippen LogP contribution in [0.4, 0.5) is 0 Å². The largest absolute Gasteiger partial charge is 0.497 e. The Balaban J connectivity index is 1.98. The number of benzene rings is 2. The van der Waals surface area contributed by atoms with Crippen LogP contribution >= 0.6 is 11.6 Å². The summed E-state index contributed by atoms with van der Waals surface area (Å²) < 4.78 is 10.9. The Morgan fingerprint density at radius 2 is 1.71 bits per heavy atom. The third kappa shape index (κ3) is 8.13. The summed E-state index contributed by atoms with van der Waals surface area (Å²) in [5, 5.41) is 3.52. The quantitative estimate of drug-likeness (QED) is 0.489. The molecule has 0 aliphatic carbocycles. The van der Waals surface area contributed by atoms with Crippen LogP contribution in [0.2, 0.25) is 5.02 Å². The fraction of sp³-hybridized carbons (Fsp3) is 0.417. The lowest BCUT2D eigenvalue weighted by molar-refractivity contribution is -0.140. The van der Waals surface area contributed by atoms with E-state index in [9.17, 15) is 9.59 Å². The number of nitrogens with one attached hydrogen (secondary N) is 1. The summed E-state index contributed by atoms with van der Waals surface area (Å²) in [4.78, 5) is 27.1. The van der Waals surface area contributed by atoms with Gasteiger partial charge in [0.1, 0.15) is 17.5 Å². The smallest absolute Gasteiger partial charge is 0.242 e. The van der Waals surface area contributed by atoms with Crippen LogP contribution in [0, 0.1) is 0 Å². The number of carbonyl (C=O) groups is 2. The van der Waals surface area contributed by atoms with Crippen molar-refractivity contribution in [3.05, 3.63) is 59.1 Å². The predicted octanol–water partition coefficient (Wildman–Crippen LogP) is 4.45. The molecule has 2 amide bonds. The first kappa shape index (κ1) is 24.5. The third-order valence-electron chi connectivity index (χ3n) is 4.85. The minimum absolute atomic E-state index is 0.0883. The number of rotatable bonds is 12. The first-order valence-corrected chi connectivity index (χ1v) is 10.9. The van der Waals surface area contributed by atoms with Gasteiger partial charge in [-0.3, -0.25) is 9.59 Å². The SMILES string of the molecule is CCCNC(=O)C(C)N(Cc1ccc(OC)cc1)C(=O)CCCOc1ccc(Cl)cc1. The zero-order valence-corrected chi connectivity index (χ0v) is 19.2. The van der Waals surface area contributed by atoms with Gasteiger partial charge in [-0.15, -0.1) is 0 Å². The van der Waals surface area contributed by atoms with Gasteiger partial charge < -0.3 is 19.7 Å². The molecule has 0 saturated carbocycles. The van der Waals surface area contributed by atoms with E-state index in [0.29, 0.717) is 36.9 Å². The molecular formula is C24H31ClN2O4. The molecule has 0 spiro atoms. The van der Waals surface area contributed by atoms with Gasteiger partial charge in [0.15, 0.2) is 0 Å². The van der Waals surface area contributed by atoms with Gasteiger partial charge in [0, 0.05) is 24.5 Å². The highest BCUT2D eigenvalue weighted by atomic mass is 35.5. The molecule has 1 N–H and O–H groups in total. The van der Waals surface area contributed by atoms with Gasteiger partial charge >= 0.3 is 0 Å². The Hall–Kier alpha value is -2.73. The summed E-state index contributed by atoms with van der Waals surface area (Å²) in [6.45, 7) is 5.09. The van der Waals surface area contributed by atoms with E-state index in [1.165, 1.54) is 0 Å². The first-order valence-electron chi connectivity index (χ1n) is 10.5. The van der Waals surface area contributed by atoms with Crippen LogP contribution in [-0.4, -0.2) is 43.0 Å². The fourth-order valence-electron chi connectivity index (χ4n) is 2.99. The second-order valence-corrected chi connectivity index (χ2v) is 7.68. The summed E-state index contributed by atoms with van der Waals surface area (Å²) in [5.41, 5.74) is 0.932.